The average Bonchev–Trinajstić information content (AvgIpc) is 3.14. The molecule has 1 amide bonds. The van der Waals surface area contributed by atoms with Gasteiger partial charge in [-0.25, -0.2) is 0 Å². The van der Waals surface area contributed by atoms with Gasteiger partial charge in [0.2, 0.25) is 5.91 Å². The van der Waals surface area contributed by atoms with Crippen LogP contribution in [-0.2, 0) is 4.79 Å². The minimum absolute atomic E-state index is 0.00639. The number of benzene rings is 1. The first-order valence-electron chi connectivity index (χ1n) is 6.88. The minimum atomic E-state index is -0.296. The van der Waals surface area contributed by atoms with Crippen LogP contribution < -0.4 is 10.1 Å². The molecule has 0 aliphatic carbocycles. The second-order valence-corrected chi connectivity index (χ2v) is 6.90. The molecule has 0 bridgehead atoms. The molecule has 3 rings (SSSR count). The van der Waals surface area contributed by atoms with Gasteiger partial charge in [0.15, 0.2) is 0 Å². The van der Waals surface area contributed by atoms with E-state index >= 15 is 0 Å². The number of anilines is 1. The Hall–Kier alpha value is -2.09. The third-order valence-corrected chi connectivity index (χ3v) is 4.39. The summed E-state index contributed by atoms with van der Waals surface area (Å²) in [7, 11) is 0. The molecule has 9 heteroatoms. The number of aromatic nitrogens is 2. The van der Waals surface area contributed by atoms with E-state index in [-0.39, 0.29) is 30.8 Å². The Kier molecular flexibility index (Phi) is 5.34. The molecule has 0 saturated heterocycles. The Labute approximate surface area is 151 Å². The van der Waals surface area contributed by atoms with Crippen molar-refractivity contribution in [3.05, 3.63) is 45.1 Å². The summed E-state index contributed by atoms with van der Waals surface area (Å²) in [4.78, 5) is 11.9. The quantitative estimate of drug-likeness (QED) is 0.677. The van der Waals surface area contributed by atoms with E-state index in [0.717, 1.165) is 0 Å². The first-order chi connectivity index (χ1) is 11.6. The van der Waals surface area contributed by atoms with Gasteiger partial charge < -0.3 is 9.15 Å². The summed E-state index contributed by atoms with van der Waals surface area (Å²) in [5, 5.41) is 10.1. The van der Waals surface area contributed by atoms with E-state index in [1.165, 1.54) is 11.3 Å². The van der Waals surface area contributed by atoms with Gasteiger partial charge in [0, 0.05) is 0 Å². The topological polar surface area (TPSA) is 77.2 Å². The summed E-state index contributed by atoms with van der Waals surface area (Å²) in [5.74, 6) is 0.601. The van der Waals surface area contributed by atoms with Crippen molar-refractivity contribution in [2.75, 3.05) is 11.9 Å². The molecule has 0 saturated carbocycles. The Morgan fingerprint density at radius 3 is 2.75 bits per heavy atom. The number of thiophene rings is 1. The van der Waals surface area contributed by atoms with Crippen molar-refractivity contribution in [3.8, 4) is 17.2 Å². The number of nitrogens with one attached hydrogen (secondary N) is 1. The fourth-order valence-corrected chi connectivity index (χ4v) is 3.28. The summed E-state index contributed by atoms with van der Waals surface area (Å²) in [6, 6.07) is 10.9. The summed E-state index contributed by atoms with van der Waals surface area (Å²) in [6.07, 6.45) is 0.150. The van der Waals surface area contributed by atoms with Crippen LogP contribution in [0.2, 0.25) is 8.67 Å². The molecule has 3 aromatic rings. The van der Waals surface area contributed by atoms with E-state index in [9.17, 15) is 4.79 Å². The SMILES string of the molecule is O=C(CCOc1ccccc1)Nc1nnc(-c2cc(Cl)sc2Cl)o1. The number of para-hydroxylation sites is 1. The number of carbonyl (C=O) groups excluding carboxylic acids is 1. The maximum absolute atomic E-state index is 11.9. The molecule has 0 aliphatic rings. The molecular weight excluding hydrogens is 373 g/mol. The largest absolute Gasteiger partial charge is 0.493 e. The first-order valence-corrected chi connectivity index (χ1v) is 8.45. The van der Waals surface area contributed by atoms with Gasteiger partial charge >= 0.3 is 6.01 Å². The van der Waals surface area contributed by atoms with Crippen molar-refractivity contribution >= 4 is 46.5 Å². The molecular formula is C15H11Cl2N3O3S. The molecule has 2 heterocycles. The van der Waals surface area contributed by atoms with Crippen LogP contribution in [0.15, 0.2) is 40.8 Å². The lowest BCUT2D eigenvalue weighted by Crippen LogP contribution is -2.15. The van der Waals surface area contributed by atoms with E-state index < -0.39 is 0 Å². The number of rotatable bonds is 6. The van der Waals surface area contributed by atoms with Crippen molar-refractivity contribution in [3.63, 3.8) is 0 Å². The van der Waals surface area contributed by atoms with Gasteiger partial charge in [-0.15, -0.1) is 16.4 Å². The number of ether oxygens (including phenoxy) is 1. The standard InChI is InChI=1S/C15H11Cl2N3O3S/c16-11-8-10(13(17)24-11)14-19-20-15(23-14)18-12(21)6-7-22-9-4-2-1-3-5-9/h1-5,8H,6-7H2,(H,18,20,21). The van der Waals surface area contributed by atoms with Crippen molar-refractivity contribution in [1.29, 1.82) is 0 Å². The number of halogens is 2. The van der Waals surface area contributed by atoms with Crippen LogP contribution in [0, 0.1) is 0 Å². The molecule has 124 valence electrons. The second-order valence-electron chi connectivity index (χ2n) is 4.61. The minimum Gasteiger partial charge on any atom is -0.493 e. The predicted molar refractivity (Wildman–Crippen MR) is 92.8 cm³/mol. The number of hydrogen-bond acceptors (Lipinski definition) is 6. The first kappa shape index (κ1) is 16.8. The Balaban J connectivity index is 1.53. The van der Waals surface area contributed by atoms with E-state index in [0.29, 0.717) is 20.0 Å². The van der Waals surface area contributed by atoms with Crippen molar-refractivity contribution in [2.24, 2.45) is 0 Å². The molecule has 0 atom stereocenters. The molecule has 1 N–H and O–H groups in total. The van der Waals surface area contributed by atoms with Crippen molar-refractivity contribution in [2.45, 2.75) is 6.42 Å². The molecule has 0 aliphatic heterocycles. The van der Waals surface area contributed by atoms with E-state index in [4.69, 9.17) is 32.4 Å². The van der Waals surface area contributed by atoms with Crippen molar-refractivity contribution < 1.29 is 13.9 Å². The van der Waals surface area contributed by atoms with Gasteiger partial charge in [-0.05, 0) is 18.2 Å². The zero-order valence-electron chi connectivity index (χ0n) is 12.2. The maximum Gasteiger partial charge on any atom is 0.322 e. The van der Waals surface area contributed by atoms with Crippen LogP contribution in [0.3, 0.4) is 0 Å². The molecule has 0 fully saturated rings. The zero-order valence-corrected chi connectivity index (χ0v) is 14.5. The highest BCUT2D eigenvalue weighted by atomic mass is 35.5. The Bertz CT molecular complexity index is 836. The van der Waals surface area contributed by atoms with Gasteiger partial charge in [0.05, 0.1) is 22.9 Å². The van der Waals surface area contributed by atoms with Crippen LogP contribution in [0.4, 0.5) is 6.01 Å². The summed E-state index contributed by atoms with van der Waals surface area (Å²) in [5.41, 5.74) is 0.534. The van der Waals surface area contributed by atoms with Gasteiger partial charge in [-0.3, -0.25) is 10.1 Å². The molecule has 6 nitrogen and oxygen atoms in total. The van der Waals surface area contributed by atoms with Gasteiger partial charge in [-0.1, -0.05) is 46.5 Å². The highest BCUT2D eigenvalue weighted by Crippen LogP contribution is 2.37. The number of hydrogen-bond donors (Lipinski definition) is 1. The lowest BCUT2D eigenvalue weighted by molar-refractivity contribution is -0.116. The lowest BCUT2D eigenvalue weighted by atomic mass is 10.3. The lowest BCUT2D eigenvalue weighted by Gasteiger charge is -2.04. The molecule has 0 unspecified atom stereocenters. The van der Waals surface area contributed by atoms with Crippen molar-refractivity contribution in [1.82, 2.24) is 10.2 Å². The highest BCUT2D eigenvalue weighted by molar-refractivity contribution is 7.20. The van der Waals surface area contributed by atoms with Crippen LogP contribution in [0.5, 0.6) is 5.75 Å². The molecule has 24 heavy (non-hydrogen) atoms. The number of nitrogens with zero attached hydrogens (tertiary/aromatic N) is 2. The fraction of sp³-hybridized carbons (Fsp3) is 0.133. The van der Waals surface area contributed by atoms with E-state index in [2.05, 4.69) is 15.5 Å². The second kappa shape index (κ2) is 7.65. The molecule has 2 aromatic heterocycles. The Morgan fingerprint density at radius 1 is 1.25 bits per heavy atom. The Morgan fingerprint density at radius 2 is 2.04 bits per heavy atom. The van der Waals surface area contributed by atoms with Gasteiger partial charge in [-0.2, -0.15) is 0 Å². The van der Waals surface area contributed by atoms with E-state index in [1.807, 2.05) is 30.3 Å². The monoisotopic (exact) mass is 383 g/mol. The van der Waals surface area contributed by atoms with Gasteiger partial charge in [0.1, 0.15) is 10.1 Å². The smallest absolute Gasteiger partial charge is 0.322 e. The van der Waals surface area contributed by atoms with Crippen LogP contribution in [0.1, 0.15) is 6.42 Å². The van der Waals surface area contributed by atoms with E-state index in [1.54, 1.807) is 6.07 Å². The summed E-state index contributed by atoms with van der Waals surface area (Å²) < 4.78 is 11.8. The number of carbonyl (C=O) groups is 1. The molecule has 1 aromatic carbocycles. The summed E-state index contributed by atoms with van der Waals surface area (Å²) in [6.45, 7) is 0.239. The van der Waals surface area contributed by atoms with Crippen LogP contribution in [0.25, 0.3) is 11.5 Å². The normalized spacial score (nSPS) is 10.6. The van der Waals surface area contributed by atoms with Gasteiger partial charge in [0.25, 0.3) is 5.89 Å². The maximum atomic E-state index is 11.9. The summed E-state index contributed by atoms with van der Waals surface area (Å²) >= 11 is 13.1. The number of amides is 1. The molecule has 0 spiro atoms. The zero-order chi connectivity index (χ0) is 16.9. The third-order valence-electron chi connectivity index (χ3n) is 2.90. The van der Waals surface area contributed by atoms with Crippen LogP contribution in [-0.4, -0.2) is 22.7 Å². The van der Waals surface area contributed by atoms with Crippen LogP contribution >= 0.6 is 34.5 Å². The molecule has 0 radical (unpaired) electrons. The average molecular weight is 384 g/mol. The predicted octanol–water partition coefficient (Wildman–Crippen LogP) is 4.51. The highest BCUT2D eigenvalue weighted by Gasteiger charge is 2.16. The fourth-order valence-electron chi connectivity index (χ4n) is 1.83. The third kappa shape index (κ3) is 4.25.